The average molecular weight is 529 g/mol. The van der Waals surface area contributed by atoms with Crippen LogP contribution in [0.1, 0.15) is 24.9 Å². The van der Waals surface area contributed by atoms with Gasteiger partial charge in [0.1, 0.15) is 6.04 Å². The van der Waals surface area contributed by atoms with E-state index < -0.39 is 55.1 Å². The number of aliphatic hydroxyl groups is 1. The van der Waals surface area contributed by atoms with Crippen molar-refractivity contribution < 1.29 is 46.2 Å². The number of alkyl carbamates (subject to hydrolysis) is 1. The van der Waals surface area contributed by atoms with Gasteiger partial charge in [0.05, 0.1) is 12.3 Å². The maximum atomic E-state index is 13.5. The monoisotopic (exact) mass is 529 g/mol. The lowest BCUT2D eigenvalue weighted by atomic mass is 9.95. The molecule has 1 aliphatic rings. The van der Waals surface area contributed by atoms with E-state index in [2.05, 4.69) is 5.32 Å². The highest BCUT2D eigenvalue weighted by Gasteiger charge is 2.56. The fraction of sp³-hybridized carbons (Fsp3) is 0.375. The smallest absolute Gasteiger partial charge is 0.436 e. The van der Waals surface area contributed by atoms with Crippen molar-refractivity contribution >= 4 is 23.6 Å². The number of hydrogen-bond donors (Lipinski definition) is 3. The summed E-state index contributed by atoms with van der Waals surface area (Å²) in [5.74, 6) is -6.49. The van der Waals surface area contributed by atoms with Gasteiger partial charge in [0.15, 0.2) is 6.10 Å². The van der Waals surface area contributed by atoms with E-state index in [1.165, 1.54) is 4.90 Å². The van der Waals surface area contributed by atoms with Crippen LogP contribution in [0.5, 0.6) is 0 Å². The number of fused-ring (bicyclic) bond motifs is 3. The predicted molar refractivity (Wildman–Crippen MR) is 122 cm³/mol. The summed E-state index contributed by atoms with van der Waals surface area (Å²) in [6.07, 6.45) is -10.4. The largest absolute Gasteiger partial charge is 0.453 e. The van der Waals surface area contributed by atoms with Crippen molar-refractivity contribution in [3.8, 4) is 11.1 Å². The van der Waals surface area contributed by atoms with Crippen molar-refractivity contribution in [1.82, 2.24) is 10.6 Å². The van der Waals surface area contributed by atoms with E-state index in [0.717, 1.165) is 6.92 Å². The van der Waals surface area contributed by atoms with Gasteiger partial charge in [0, 0.05) is 25.1 Å². The molecule has 0 saturated heterocycles. The van der Waals surface area contributed by atoms with Gasteiger partial charge in [0.25, 0.3) is 11.8 Å². The molecule has 3 rings (SSSR count). The first-order chi connectivity index (χ1) is 17.4. The topological polar surface area (TPSA) is 108 Å². The number of alkyl halides is 5. The average Bonchev–Trinajstić information content (AvgIpc) is 2.93. The molecule has 0 fully saturated rings. The van der Waals surface area contributed by atoms with Crippen molar-refractivity contribution in [2.45, 2.75) is 37.6 Å². The van der Waals surface area contributed by atoms with Crippen LogP contribution >= 0.6 is 0 Å². The van der Waals surface area contributed by atoms with Gasteiger partial charge in [-0.15, -0.1) is 0 Å². The Labute approximate surface area is 208 Å². The Morgan fingerprint density at radius 3 is 2.32 bits per heavy atom. The molecule has 2 atom stereocenters. The van der Waals surface area contributed by atoms with Crippen LogP contribution in [0.2, 0.25) is 0 Å². The zero-order valence-electron chi connectivity index (χ0n) is 19.5. The number of amides is 3. The van der Waals surface area contributed by atoms with E-state index >= 15 is 0 Å². The van der Waals surface area contributed by atoms with Crippen LogP contribution in [0.25, 0.3) is 11.1 Å². The number of nitrogens with zero attached hydrogens (tertiary/aromatic N) is 1. The molecule has 3 N–H and O–H groups in total. The third kappa shape index (κ3) is 6.16. The third-order valence-corrected chi connectivity index (χ3v) is 5.66. The van der Waals surface area contributed by atoms with Gasteiger partial charge in [-0.2, -0.15) is 22.0 Å². The number of anilines is 1. The third-order valence-electron chi connectivity index (χ3n) is 5.66. The lowest BCUT2D eigenvalue weighted by Gasteiger charge is -2.26. The van der Waals surface area contributed by atoms with E-state index in [1.54, 1.807) is 53.8 Å². The van der Waals surface area contributed by atoms with Gasteiger partial charge >= 0.3 is 18.2 Å². The van der Waals surface area contributed by atoms with E-state index in [4.69, 9.17) is 4.74 Å². The molecule has 0 radical (unpaired) electrons. The predicted octanol–water partition coefficient (Wildman–Crippen LogP) is 3.55. The highest BCUT2D eigenvalue weighted by Crippen LogP contribution is 2.40. The highest BCUT2D eigenvalue weighted by atomic mass is 19.4. The minimum absolute atomic E-state index is 0.0623. The first-order valence-electron chi connectivity index (χ1n) is 11.2. The Hall–Kier alpha value is -3.74. The fourth-order valence-corrected chi connectivity index (χ4v) is 3.79. The number of carbonyl (C=O) groups is 3. The number of aliphatic hydroxyl groups excluding tert-OH is 1. The lowest BCUT2D eigenvalue weighted by molar-refractivity contribution is -0.283. The molecule has 0 bridgehead atoms. The van der Waals surface area contributed by atoms with Crippen LogP contribution in [0.3, 0.4) is 0 Å². The van der Waals surface area contributed by atoms with Crippen molar-refractivity contribution in [3.05, 3.63) is 54.1 Å². The molecule has 0 saturated carbocycles. The van der Waals surface area contributed by atoms with Gasteiger partial charge < -0.3 is 25.4 Å². The fourth-order valence-electron chi connectivity index (χ4n) is 3.79. The van der Waals surface area contributed by atoms with E-state index in [1.807, 2.05) is 0 Å². The van der Waals surface area contributed by atoms with Gasteiger partial charge in [0.2, 0.25) is 0 Å². The summed E-state index contributed by atoms with van der Waals surface area (Å²) in [7, 11) is 0. The number of hydrogen-bond acceptors (Lipinski definition) is 5. The molecule has 0 unspecified atom stereocenters. The number of carbonyl (C=O) groups excluding carboxylic acids is 3. The summed E-state index contributed by atoms with van der Waals surface area (Å²) in [6, 6.07) is 12.5. The number of rotatable bonds is 8. The number of benzene rings is 2. The number of para-hydroxylation sites is 1. The molecule has 2 aromatic rings. The Morgan fingerprint density at radius 1 is 1.05 bits per heavy atom. The molecule has 0 spiro atoms. The SMILES string of the molecule is C[C@H](OC(=O)NCCC(F)(F)C(F)(F)F)C(=O)N[C@@H]1C(=O)N(CCO)c2ccccc2-c2ccccc21. The molecule has 2 aromatic carbocycles. The van der Waals surface area contributed by atoms with Gasteiger partial charge in [-0.3, -0.25) is 9.59 Å². The second-order valence-electron chi connectivity index (χ2n) is 8.19. The number of nitrogens with one attached hydrogen (secondary N) is 2. The van der Waals surface area contributed by atoms with Gasteiger partial charge in [-0.1, -0.05) is 42.5 Å². The Kier molecular flexibility index (Phi) is 8.36. The van der Waals surface area contributed by atoms with Crippen LogP contribution < -0.4 is 15.5 Å². The molecule has 200 valence electrons. The van der Waals surface area contributed by atoms with E-state index in [0.29, 0.717) is 22.4 Å². The van der Waals surface area contributed by atoms with Crippen molar-refractivity contribution in [3.63, 3.8) is 0 Å². The first kappa shape index (κ1) is 27.8. The molecule has 8 nitrogen and oxygen atoms in total. The summed E-state index contributed by atoms with van der Waals surface area (Å²) in [5.41, 5.74) is 2.30. The van der Waals surface area contributed by atoms with Crippen LogP contribution in [0.15, 0.2) is 48.5 Å². The van der Waals surface area contributed by atoms with Gasteiger partial charge in [-0.25, -0.2) is 4.79 Å². The molecule has 0 aromatic heterocycles. The Morgan fingerprint density at radius 2 is 1.68 bits per heavy atom. The van der Waals surface area contributed by atoms with Crippen LogP contribution in [0.4, 0.5) is 32.4 Å². The molecule has 1 heterocycles. The minimum atomic E-state index is -5.77. The maximum Gasteiger partial charge on any atom is 0.453 e. The standard InChI is InChI=1S/C24H24F5N3O5/c1-14(37-22(36)30-11-10-23(25,26)24(27,28)29)20(34)31-19-17-8-3-2-6-15(17)16-7-4-5-9-18(16)32(12-13-33)21(19)35/h2-9,14,19,33H,10-13H2,1H3,(H,30,36)(H,31,34)/t14-,19-/m0/s1. The van der Waals surface area contributed by atoms with Crippen LogP contribution in [-0.4, -0.2) is 60.9 Å². The quantitative estimate of drug-likeness (QED) is 0.454. The normalized spacial score (nSPS) is 16.2. The van der Waals surface area contributed by atoms with Crippen LogP contribution in [0, 0.1) is 0 Å². The molecule has 3 amide bonds. The molecule has 0 aliphatic carbocycles. The second-order valence-corrected chi connectivity index (χ2v) is 8.19. The number of halogens is 5. The van der Waals surface area contributed by atoms with Gasteiger partial charge in [-0.05, 0) is 24.1 Å². The summed E-state index contributed by atoms with van der Waals surface area (Å²) in [5, 5.41) is 13.8. The van der Waals surface area contributed by atoms with Crippen molar-refractivity contribution in [2.75, 3.05) is 24.6 Å². The Balaban J connectivity index is 1.73. The van der Waals surface area contributed by atoms with Crippen molar-refractivity contribution in [2.24, 2.45) is 0 Å². The molecule has 37 heavy (non-hydrogen) atoms. The minimum Gasteiger partial charge on any atom is -0.436 e. The first-order valence-corrected chi connectivity index (χ1v) is 11.2. The summed E-state index contributed by atoms with van der Waals surface area (Å²) in [4.78, 5) is 39.5. The summed E-state index contributed by atoms with van der Waals surface area (Å²) in [6.45, 7) is -0.327. The Bertz CT molecular complexity index is 1160. The maximum absolute atomic E-state index is 13.5. The lowest BCUT2D eigenvalue weighted by Crippen LogP contribution is -2.47. The number of β-amino-alcohol motifs (C(OH)–C–C–N with tert-alkyl or cyclic N) is 1. The summed E-state index contributed by atoms with van der Waals surface area (Å²) >= 11 is 0. The molecular formula is C24H24F5N3O5. The zero-order valence-corrected chi connectivity index (χ0v) is 19.5. The molecule has 13 heteroatoms. The second kappa shape index (κ2) is 11.1. The molecule has 1 aliphatic heterocycles. The van der Waals surface area contributed by atoms with Crippen LogP contribution in [-0.2, 0) is 14.3 Å². The van der Waals surface area contributed by atoms with Crippen molar-refractivity contribution in [1.29, 1.82) is 0 Å². The van der Waals surface area contributed by atoms with E-state index in [9.17, 15) is 41.4 Å². The highest BCUT2D eigenvalue weighted by molar-refractivity contribution is 6.06. The van der Waals surface area contributed by atoms with E-state index in [-0.39, 0.29) is 13.2 Å². The summed E-state index contributed by atoms with van der Waals surface area (Å²) < 4.78 is 67.4. The zero-order chi connectivity index (χ0) is 27.4. The number of ether oxygens (including phenoxy) is 1. The molecular weight excluding hydrogens is 505 g/mol.